The molecule has 1 amide bonds. The zero-order valence-electron chi connectivity index (χ0n) is 12.3. The number of carbonyl (C=O) groups is 1. The van der Waals surface area contributed by atoms with Crippen LogP contribution >= 0.6 is 0 Å². The first-order valence-corrected chi connectivity index (χ1v) is 7.05. The predicted molar refractivity (Wildman–Crippen MR) is 80.3 cm³/mol. The number of aromatic nitrogens is 1. The first kappa shape index (κ1) is 15.2. The standard InChI is InChI=1S/C17H19FN2O/c1-3-15(13-7-5-4-6-8-13)17(21)20-11-14-9-12(2)10-19-16(14)18/h4-10,15H,3,11H2,1-2H3,(H,20,21). The van der Waals surface area contributed by atoms with Crippen LogP contribution in [0.15, 0.2) is 42.6 Å². The van der Waals surface area contributed by atoms with Crippen molar-refractivity contribution < 1.29 is 9.18 Å². The monoisotopic (exact) mass is 286 g/mol. The molecule has 0 saturated carbocycles. The average Bonchev–Trinajstić information content (AvgIpc) is 2.50. The molecule has 4 heteroatoms. The molecule has 1 unspecified atom stereocenters. The van der Waals surface area contributed by atoms with E-state index in [1.807, 2.05) is 44.2 Å². The lowest BCUT2D eigenvalue weighted by atomic mass is 9.95. The Hall–Kier alpha value is -2.23. The fourth-order valence-electron chi connectivity index (χ4n) is 2.30. The van der Waals surface area contributed by atoms with Crippen molar-refractivity contribution >= 4 is 5.91 Å². The van der Waals surface area contributed by atoms with Crippen LogP contribution in [-0.2, 0) is 11.3 Å². The maximum Gasteiger partial charge on any atom is 0.227 e. The largest absolute Gasteiger partial charge is 0.351 e. The van der Waals surface area contributed by atoms with Crippen molar-refractivity contribution in [2.75, 3.05) is 0 Å². The molecule has 21 heavy (non-hydrogen) atoms. The summed E-state index contributed by atoms with van der Waals surface area (Å²) in [5.41, 5.74) is 2.25. The second-order valence-corrected chi connectivity index (χ2v) is 5.05. The maximum atomic E-state index is 13.6. The third-order valence-electron chi connectivity index (χ3n) is 3.43. The van der Waals surface area contributed by atoms with E-state index in [0.29, 0.717) is 12.0 Å². The molecular formula is C17H19FN2O. The zero-order valence-corrected chi connectivity index (χ0v) is 12.3. The van der Waals surface area contributed by atoms with Gasteiger partial charge >= 0.3 is 0 Å². The molecule has 1 atom stereocenters. The first-order valence-electron chi connectivity index (χ1n) is 7.05. The lowest BCUT2D eigenvalue weighted by Crippen LogP contribution is -2.29. The van der Waals surface area contributed by atoms with Gasteiger partial charge in [-0.1, -0.05) is 37.3 Å². The van der Waals surface area contributed by atoms with Crippen LogP contribution in [0.2, 0.25) is 0 Å². The van der Waals surface area contributed by atoms with E-state index < -0.39 is 5.95 Å². The van der Waals surface area contributed by atoms with Crippen LogP contribution in [0, 0.1) is 12.9 Å². The summed E-state index contributed by atoms with van der Waals surface area (Å²) < 4.78 is 13.6. The number of nitrogens with zero attached hydrogens (tertiary/aromatic N) is 1. The quantitative estimate of drug-likeness (QED) is 0.857. The first-order chi connectivity index (χ1) is 10.1. The predicted octanol–water partition coefficient (Wildman–Crippen LogP) is 3.34. The smallest absolute Gasteiger partial charge is 0.227 e. The van der Waals surface area contributed by atoms with Crippen LogP contribution in [-0.4, -0.2) is 10.9 Å². The van der Waals surface area contributed by atoms with Gasteiger partial charge in [0, 0.05) is 18.3 Å². The minimum absolute atomic E-state index is 0.0930. The lowest BCUT2D eigenvalue weighted by Gasteiger charge is -2.15. The molecule has 1 heterocycles. The third kappa shape index (κ3) is 3.88. The van der Waals surface area contributed by atoms with Gasteiger partial charge in [-0.2, -0.15) is 4.39 Å². The Kier molecular flexibility index (Phi) is 5.04. The van der Waals surface area contributed by atoms with Crippen LogP contribution in [0.1, 0.15) is 36.0 Å². The highest BCUT2D eigenvalue weighted by Gasteiger charge is 2.18. The van der Waals surface area contributed by atoms with Crippen LogP contribution in [0.25, 0.3) is 0 Å². The van der Waals surface area contributed by atoms with E-state index >= 15 is 0 Å². The molecule has 2 rings (SSSR count). The molecule has 0 spiro atoms. The van der Waals surface area contributed by atoms with Gasteiger partial charge in [0.05, 0.1) is 5.92 Å². The van der Waals surface area contributed by atoms with Crippen LogP contribution in [0.3, 0.4) is 0 Å². The van der Waals surface area contributed by atoms with Gasteiger partial charge in [0.1, 0.15) is 0 Å². The highest BCUT2D eigenvalue weighted by Crippen LogP contribution is 2.19. The maximum absolute atomic E-state index is 13.6. The second-order valence-electron chi connectivity index (χ2n) is 5.05. The topological polar surface area (TPSA) is 42.0 Å². The molecule has 1 aromatic heterocycles. The van der Waals surface area contributed by atoms with E-state index in [2.05, 4.69) is 10.3 Å². The molecule has 0 fully saturated rings. The highest BCUT2D eigenvalue weighted by molar-refractivity contribution is 5.83. The molecule has 0 aliphatic carbocycles. The molecule has 0 saturated heterocycles. The molecule has 1 N–H and O–H groups in total. The minimum Gasteiger partial charge on any atom is -0.351 e. The summed E-state index contributed by atoms with van der Waals surface area (Å²) in [5, 5.41) is 2.80. The molecule has 1 aromatic carbocycles. The molecular weight excluding hydrogens is 267 g/mol. The van der Waals surface area contributed by atoms with Crippen molar-refractivity contribution in [3.8, 4) is 0 Å². The Morgan fingerprint density at radius 3 is 2.71 bits per heavy atom. The number of carbonyl (C=O) groups excluding carboxylic acids is 1. The van der Waals surface area contributed by atoms with E-state index in [9.17, 15) is 9.18 Å². The Balaban J connectivity index is 2.05. The molecule has 110 valence electrons. The van der Waals surface area contributed by atoms with Crippen molar-refractivity contribution in [3.63, 3.8) is 0 Å². The molecule has 0 aliphatic rings. The van der Waals surface area contributed by atoms with E-state index in [4.69, 9.17) is 0 Å². The summed E-state index contributed by atoms with van der Waals surface area (Å²) >= 11 is 0. The Morgan fingerprint density at radius 2 is 2.05 bits per heavy atom. The van der Waals surface area contributed by atoms with Gasteiger partial charge in [-0.05, 0) is 30.5 Å². The zero-order chi connectivity index (χ0) is 15.2. The average molecular weight is 286 g/mol. The third-order valence-corrected chi connectivity index (χ3v) is 3.43. The Morgan fingerprint density at radius 1 is 1.33 bits per heavy atom. The number of nitrogens with one attached hydrogen (secondary N) is 1. The van der Waals surface area contributed by atoms with Gasteiger partial charge < -0.3 is 5.32 Å². The van der Waals surface area contributed by atoms with Gasteiger partial charge in [-0.3, -0.25) is 4.79 Å². The summed E-state index contributed by atoms with van der Waals surface area (Å²) in [6.45, 7) is 3.96. The Labute approximate surface area is 124 Å². The number of hydrogen-bond donors (Lipinski definition) is 1. The number of hydrogen-bond acceptors (Lipinski definition) is 2. The van der Waals surface area contributed by atoms with Crippen molar-refractivity contribution in [2.45, 2.75) is 32.7 Å². The van der Waals surface area contributed by atoms with Gasteiger partial charge in [0.2, 0.25) is 11.9 Å². The van der Waals surface area contributed by atoms with E-state index in [1.54, 1.807) is 6.07 Å². The summed E-state index contributed by atoms with van der Waals surface area (Å²) in [7, 11) is 0. The number of pyridine rings is 1. The molecule has 0 radical (unpaired) electrons. The van der Waals surface area contributed by atoms with Crippen molar-refractivity contribution in [3.05, 3.63) is 65.2 Å². The summed E-state index contributed by atoms with van der Waals surface area (Å²) in [6.07, 6.45) is 2.17. The molecule has 0 bridgehead atoms. The van der Waals surface area contributed by atoms with Gasteiger partial charge in [-0.15, -0.1) is 0 Å². The van der Waals surface area contributed by atoms with Crippen LogP contribution in [0.5, 0.6) is 0 Å². The number of benzene rings is 1. The normalized spacial score (nSPS) is 12.0. The fourth-order valence-corrected chi connectivity index (χ4v) is 2.30. The number of amides is 1. The van der Waals surface area contributed by atoms with Crippen molar-refractivity contribution in [1.29, 1.82) is 0 Å². The number of halogens is 1. The fraction of sp³-hybridized carbons (Fsp3) is 0.294. The van der Waals surface area contributed by atoms with E-state index in [0.717, 1.165) is 11.1 Å². The highest BCUT2D eigenvalue weighted by atomic mass is 19.1. The summed E-state index contributed by atoms with van der Waals surface area (Å²) in [6, 6.07) is 11.3. The molecule has 3 nitrogen and oxygen atoms in total. The van der Waals surface area contributed by atoms with Gasteiger partial charge in [0.25, 0.3) is 0 Å². The lowest BCUT2D eigenvalue weighted by molar-refractivity contribution is -0.122. The molecule has 0 aliphatic heterocycles. The Bertz CT molecular complexity index is 613. The summed E-state index contributed by atoms with van der Waals surface area (Å²) in [5.74, 6) is -0.842. The van der Waals surface area contributed by atoms with Crippen molar-refractivity contribution in [2.24, 2.45) is 0 Å². The van der Waals surface area contributed by atoms with E-state index in [-0.39, 0.29) is 18.4 Å². The number of aryl methyl sites for hydroxylation is 1. The van der Waals surface area contributed by atoms with Gasteiger partial charge in [-0.25, -0.2) is 4.98 Å². The minimum atomic E-state index is -0.534. The molecule has 2 aromatic rings. The van der Waals surface area contributed by atoms with Gasteiger partial charge in [0.15, 0.2) is 0 Å². The summed E-state index contributed by atoms with van der Waals surface area (Å²) in [4.78, 5) is 16.0. The van der Waals surface area contributed by atoms with Crippen molar-refractivity contribution in [1.82, 2.24) is 10.3 Å². The van der Waals surface area contributed by atoms with E-state index in [1.165, 1.54) is 6.20 Å². The van der Waals surface area contributed by atoms with Crippen LogP contribution in [0.4, 0.5) is 4.39 Å². The van der Waals surface area contributed by atoms with Crippen LogP contribution < -0.4 is 5.32 Å². The SMILES string of the molecule is CCC(C(=O)NCc1cc(C)cnc1F)c1ccccc1. The second kappa shape index (κ2) is 6.97. The number of rotatable bonds is 5.